The van der Waals surface area contributed by atoms with Gasteiger partial charge in [0.1, 0.15) is 0 Å². The Morgan fingerprint density at radius 2 is 2.08 bits per heavy atom. The molecule has 1 aliphatic heterocycles. The molecule has 0 aromatic heterocycles. The third kappa shape index (κ3) is 1.76. The maximum absolute atomic E-state index is 10.9. The van der Waals surface area contributed by atoms with E-state index in [2.05, 4.69) is 32.7 Å². The lowest BCUT2D eigenvalue weighted by molar-refractivity contribution is -0.119. The van der Waals surface area contributed by atoms with Crippen molar-refractivity contribution in [2.24, 2.45) is 5.41 Å². The van der Waals surface area contributed by atoms with Gasteiger partial charge in [-0.05, 0) is 16.6 Å². The normalized spacial score (nSPS) is 18.8. The van der Waals surface area contributed by atoms with Gasteiger partial charge in [0.15, 0.2) is 0 Å². The van der Waals surface area contributed by atoms with Crippen LogP contribution in [0.2, 0.25) is 0 Å². The van der Waals surface area contributed by atoms with Gasteiger partial charge in [-0.3, -0.25) is 4.79 Å². The van der Waals surface area contributed by atoms with Crippen molar-refractivity contribution in [3.8, 4) is 0 Å². The van der Waals surface area contributed by atoms with E-state index >= 15 is 0 Å². The van der Waals surface area contributed by atoms with Crippen LogP contribution in [-0.2, 0) is 4.79 Å². The molecule has 1 amide bonds. The Morgan fingerprint density at radius 1 is 1.50 bits per heavy atom. The standard InChI is InChI=1S/C10H15NO/c1-7-5-9(12)11-6-8(7)10(2,3)4/h6H,1,5H2,2-4H3,(H,11,12). The van der Waals surface area contributed by atoms with Gasteiger partial charge in [0, 0.05) is 6.20 Å². The molecule has 0 aromatic rings. The van der Waals surface area contributed by atoms with Gasteiger partial charge in [-0.15, -0.1) is 0 Å². The van der Waals surface area contributed by atoms with Crippen molar-refractivity contribution < 1.29 is 4.79 Å². The first-order valence-electron chi connectivity index (χ1n) is 4.09. The molecule has 66 valence electrons. The highest BCUT2D eigenvalue weighted by Gasteiger charge is 2.23. The largest absolute Gasteiger partial charge is 0.332 e. The maximum atomic E-state index is 10.9. The van der Waals surface area contributed by atoms with Gasteiger partial charge in [0.2, 0.25) is 5.91 Å². The first kappa shape index (κ1) is 9.04. The average Bonchev–Trinajstić information content (AvgIpc) is 1.83. The Morgan fingerprint density at radius 3 is 2.50 bits per heavy atom. The second kappa shape index (κ2) is 2.77. The van der Waals surface area contributed by atoms with Crippen LogP contribution in [0.3, 0.4) is 0 Å². The molecule has 0 aromatic carbocycles. The molecule has 2 nitrogen and oxygen atoms in total. The first-order valence-corrected chi connectivity index (χ1v) is 4.09. The summed E-state index contributed by atoms with van der Waals surface area (Å²) in [5.74, 6) is 0.0352. The van der Waals surface area contributed by atoms with Crippen LogP contribution in [-0.4, -0.2) is 5.91 Å². The Bertz CT molecular complexity index is 256. The minimum Gasteiger partial charge on any atom is -0.332 e. The SMILES string of the molecule is C=C1CC(=O)NC=C1C(C)(C)C. The second-order valence-electron chi connectivity index (χ2n) is 4.16. The van der Waals surface area contributed by atoms with Crippen LogP contribution in [0.25, 0.3) is 0 Å². The van der Waals surface area contributed by atoms with Crippen LogP contribution < -0.4 is 5.32 Å². The van der Waals surface area contributed by atoms with Crippen LogP contribution in [0, 0.1) is 5.41 Å². The molecule has 1 aliphatic rings. The fraction of sp³-hybridized carbons (Fsp3) is 0.500. The summed E-state index contributed by atoms with van der Waals surface area (Å²) >= 11 is 0. The molecule has 0 aliphatic carbocycles. The van der Waals surface area contributed by atoms with Crippen molar-refractivity contribution in [3.63, 3.8) is 0 Å². The fourth-order valence-corrected chi connectivity index (χ4v) is 1.34. The summed E-state index contributed by atoms with van der Waals surface area (Å²) in [5, 5.41) is 2.71. The van der Waals surface area contributed by atoms with Gasteiger partial charge >= 0.3 is 0 Å². The molecular weight excluding hydrogens is 150 g/mol. The third-order valence-corrected chi connectivity index (χ3v) is 1.94. The first-order chi connectivity index (χ1) is 5.41. The zero-order valence-corrected chi connectivity index (χ0v) is 7.90. The zero-order chi connectivity index (χ0) is 9.35. The van der Waals surface area contributed by atoms with E-state index in [1.165, 1.54) is 0 Å². The van der Waals surface area contributed by atoms with E-state index in [9.17, 15) is 4.79 Å². The number of carbonyl (C=O) groups is 1. The number of hydrogen-bond acceptors (Lipinski definition) is 1. The van der Waals surface area contributed by atoms with Crippen molar-refractivity contribution in [3.05, 3.63) is 23.9 Å². The smallest absolute Gasteiger partial charge is 0.228 e. The highest BCUT2D eigenvalue weighted by molar-refractivity contribution is 5.82. The maximum Gasteiger partial charge on any atom is 0.228 e. The summed E-state index contributed by atoms with van der Waals surface area (Å²) in [6.45, 7) is 10.2. The average molecular weight is 165 g/mol. The highest BCUT2D eigenvalue weighted by atomic mass is 16.1. The van der Waals surface area contributed by atoms with E-state index in [1.54, 1.807) is 6.20 Å². The molecule has 0 spiro atoms. The van der Waals surface area contributed by atoms with Crippen LogP contribution in [0.4, 0.5) is 0 Å². The van der Waals surface area contributed by atoms with Crippen molar-refractivity contribution in [2.75, 3.05) is 0 Å². The molecule has 1 heterocycles. The van der Waals surface area contributed by atoms with Crippen LogP contribution in [0.1, 0.15) is 27.2 Å². The summed E-state index contributed by atoms with van der Waals surface area (Å²) in [4.78, 5) is 10.9. The lowest BCUT2D eigenvalue weighted by Gasteiger charge is -2.27. The summed E-state index contributed by atoms with van der Waals surface area (Å²) in [5.41, 5.74) is 2.15. The Kier molecular flexibility index (Phi) is 2.09. The summed E-state index contributed by atoms with van der Waals surface area (Å²) in [6.07, 6.45) is 2.21. The molecule has 1 N–H and O–H groups in total. The van der Waals surface area contributed by atoms with Gasteiger partial charge in [0.05, 0.1) is 6.42 Å². The Labute approximate surface area is 73.4 Å². The molecule has 0 saturated heterocycles. The highest BCUT2D eigenvalue weighted by Crippen LogP contribution is 2.32. The second-order valence-corrected chi connectivity index (χ2v) is 4.16. The molecule has 0 fully saturated rings. The van der Waals surface area contributed by atoms with Crippen molar-refractivity contribution in [2.45, 2.75) is 27.2 Å². The topological polar surface area (TPSA) is 29.1 Å². The molecule has 1 rings (SSSR count). The predicted octanol–water partition coefficient (Wildman–Crippen LogP) is 1.99. The number of amides is 1. The van der Waals surface area contributed by atoms with Gasteiger partial charge in [-0.1, -0.05) is 27.4 Å². The Hall–Kier alpha value is -1.05. The molecule has 2 heteroatoms. The number of nitrogens with one attached hydrogen (secondary N) is 1. The van der Waals surface area contributed by atoms with Crippen molar-refractivity contribution in [1.29, 1.82) is 0 Å². The molecule has 0 atom stereocenters. The third-order valence-electron chi connectivity index (χ3n) is 1.94. The van der Waals surface area contributed by atoms with Crippen molar-refractivity contribution in [1.82, 2.24) is 5.32 Å². The van der Waals surface area contributed by atoms with Crippen LogP contribution >= 0.6 is 0 Å². The molecular formula is C10H15NO. The minimum absolute atomic E-state index is 0.0352. The Balaban J connectivity index is 2.92. The molecule has 12 heavy (non-hydrogen) atoms. The zero-order valence-electron chi connectivity index (χ0n) is 7.90. The molecule has 0 saturated carbocycles. The van der Waals surface area contributed by atoms with E-state index in [0.717, 1.165) is 11.1 Å². The van der Waals surface area contributed by atoms with E-state index in [-0.39, 0.29) is 11.3 Å². The number of allylic oxidation sites excluding steroid dienone is 1. The predicted molar refractivity (Wildman–Crippen MR) is 49.4 cm³/mol. The summed E-state index contributed by atoms with van der Waals surface area (Å²) < 4.78 is 0. The molecule has 0 bridgehead atoms. The number of carbonyl (C=O) groups excluding carboxylic acids is 1. The monoisotopic (exact) mass is 165 g/mol. The fourth-order valence-electron chi connectivity index (χ4n) is 1.34. The minimum atomic E-state index is 0.0352. The van der Waals surface area contributed by atoms with E-state index < -0.39 is 0 Å². The lowest BCUT2D eigenvalue weighted by atomic mass is 9.81. The van der Waals surface area contributed by atoms with E-state index in [4.69, 9.17) is 0 Å². The summed E-state index contributed by atoms with van der Waals surface area (Å²) in [7, 11) is 0. The van der Waals surface area contributed by atoms with Gasteiger partial charge in [-0.2, -0.15) is 0 Å². The van der Waals surface area contributed by atoms with Crippen LogP contribution in [0.15, 0.2) is 23.9 Å². The van der Waals surface area contributed by atoms with E-state index in [0.29, 0.717) is 6.42 Å². The van der Waals surface area contributed by atoms with Gasteiger partial charge in [0.25, 0.3) is 0 Å². The number of rotatable bonds is 0. The summed E-state index contributed by atoms with van der Waals surface area (Å²) in [6, 6.07) is 0. The van der Waals surface area contributed by atoms with Gasteiger partial charge < -0.3 is 5.32 Å². The molecule has 0 radical (unpaired) electrons. The number of hydrogen-bond donors (Lipinski definition) is 1. The van der Waals surface area contributed by atoms with Crippen molar-refractivity contribution >= 4 is 5.91 Å². The van der Waals surface area contributed by atoms with Crippen LogP contribution in [0.5, 0.6) is 0 Å². The quantitative estimate of drug-likeness (QED) is 0.584. The van der Waals surface area contributed by atoms with Gasteiger partial charge in [-0.25, -0.2) is 0 Å². The van der Waals surface area contributed by atoms with E-state index in [1.807, 2.05) is 0 Å². The lowest BCUT2D eigenvalue weighted by Crippen LogP contribution is -2.27. The molecule has 0 unspecified atom stereocenters.